The van der Waals surface area contributed by atoms with Crippen LogP contribution in [-0.4, -0.2) is 21.3 Å². The summed E-state index contributed by atoms with van der Waals surface area (Å²) in [5.74, 6) is 0. The first-order valence-electron chi connectivity index (χ1n) is 12.0. The monoisotopic (exact) mass is 446 g/mol. The molecule has 0 radical (unpaired) electrons. The van der Waals surface area contributed by atoms with Gasteiger partial charge in [0, 0.05) is 21.5 Å². The highest BCUT2D eigenvalue weighted by molar-refractivity contribution is 6.09. The second-order valence-corrected chi connectivity index (χ2v) is 9.27. The van der Waals surface area contributed by atoms with Crippen molar-refractivity contribution in [2.45, 2.75) is 38.5 Å². The molecule has 4 nitrogen and oxygen atoms in total. The molecule has 0 aliphatic carbocycles. The minimum atomic E-state index is -0.218. The van der Waals surface area contributed by atoms with Crippen LogP contribution in [0.1, 0.15) is 26.3 Å². The van der Waals surface area contributed by atoms with Gasteiger partial charge >= 0.3 is 0 Å². The van der Waals surface area contributed by atoms with E-state index < -0.39 is 0 Å². The molecule has 3 heterocycles. The third-order valence-corrected chi connectivity index (χ3v) is 7.25. The lowest BCUT2D eigenvalue weighted by Gasteiger charge is -2.41. The molecule has 1 fully saturated rings. The predicted molar refractivity (Wildman–Crippen MR) is 138 cm³/mol. The molecular formula is C30H26N2O2. The number of nitrogens with zero attached hydrogens (tertiary/aromatic N) is 2. The van der Waals surface area contributed by atoms with Gasteiger partial charge in [0.1, 0.15) is 12.2 Å². The highest BCUT2D eigenvalue weighted by Gasteiger charge is 2.38. The number of hydrogen-bond acceptors (Lipinski definition) is 2. The SMILES string of the molecule is CC1OC(n2c3ccccc3c3ccccc32)C(C)OC1n1c2ccccc2c2ccccc21. The molecule has 7 rings (SSSR count). The van der Waals surface area contributed by atoms with Crippen LogP contribution in [0.5, 0.6) is 0 Å². The predicted octanol–water partition coefficient (Wildman–Crippen LogP) is 7.42. The molecule has 0 spiro atoms. The van der Waals surface area contributed by atoms with Crippen molar-refractivity contribution in [2.75, 3.05) is 0 Å². The average molecular weight is 447 g/mol. The van der Waals surface area contributed by atoms with Gasteiger partial charge in [-0.15, -0.1) is 0 Å². The Balaban J connectivity index is 1.36. The first kappa shape index (κ1) is 19.8. The molecule has 0 amide bonds. The van der Waals surface area contributed by atoms with E-state index in [1.807, 2.05) is 0 Å². The Morgan fingerprint density at radius 3 is 1.00 bits per heavy atom. The van der Waals surface area contributed by atoms with E-state index in [4.69, 9.17) is 9.47 Å². The molecule has 4 aromatic carbocycles. The van der Waals surface area contributed by atoms with Crippen LogP contribution in [0.15, 0.2) is 97.1 Å². The molecule has 4 heteroatoms. The summed E-state index contributed by atoms with van der Waals surface area (Å²) in [5, 5.41) is 4.97. The summed E-state index contributed by atoms with van der Waals surface area (Å²) in [4.78, 5) is 0. The van der Waals surface area contributed by atoms with Gasteiger partial charge in [0.05, 0.1) is 22.1 Å². The number of para-hydroxylation sites is 4. The highest BCUT2D eigenvalue weighted by atomic mass is 16.6. The van der Waals surface area contributed by atoms with Crippen molar-refractivity contribution in [3.63, 3.8) is 0 Å². The molecule has 6 aromatic rings. The summed E-state index contributed by atoms with van der Waals surface area (Å²) >= 11 is 0. The topological polar surface area (TPSA) is 28.3 Å². The molecule has 34 heavy (non-hydrogen) atoms. The number of aromatic nitrogens is 2. The first-order valence-corrected chi connectivity index (χ1v) is 12.0. The number of hydrogen-bond donors (Lipinski definition) is 0. The molecule has 0 saturated carbocycles. The lowest BCUT2D eigenvalue weighted by atomic mass is 10.2. The molecule has 0 N–H and O–H groups in total. The second-order valence-electron chi connectivity index (χ2n) is 9.27. The molecule has 168 valence electrons. The van der Waals surface area contributed by atoms with Gasteiger partial charge in [-0.05, 0) is 38.1 Å². The Bertz CT molecular complexity index is 1450. The van der Waals surface area contributed by atoms with E-state index in [0.29, 0.717) is 0 Å². The second kappa shape index (κ2) is 7.45. The van der Waals surface area contributed by atoms with Crippen molar-refractivity contribution in [2.24, 2.45) is 0 Å². The first-order chi connectivity index (χ1) is 16.7. The Morgan fingerprint density at radius 1 is 0.441 bits per heavy atom. The van der Waals surface area contributed by atoms with Crippen LogP contribution in [0, 0.1) is 0 Å². The third kappa shape index (κ3) is 2.73. The fourth-order valence-electron chi connectivity index (χ4n) is 5.79. The number of rotatable bonds is 2. The summed E-state index contributed by atoms with van der Waals surface area (Å²) in [6, 6.07) is 34.2. The van der Waals surface area contributed by atoms with Crippen LogP contribution in [-0.2, 0) is 9.47 Å². The van der Waals surface area contributed by atoms with Crippen molar-refractivity contribution in [1.29, 1.82) is 0 Å². The normalized spacial score (nSPS) is 23.4. The molecule has 1 aliphatic heterocycles. The van der Waals surface area contributed by atoms with Crippen LogP contribution in [0.4, 0.5) is 0 Å². The summed E-state index contributed by atoms with van der Waals surface area (Å²) in [6.45, 7) is 4.25. The van der Waals surface area contributed by atoms with Crippen LogP contribution in [0.3, 0.4) is 0 Å². The highest BCUT2D eigenvalue weighted by Crippen LogP contribution is 2.42. The van der Waals surface area contributed by atoms with Crippen LogP contribution >= 0.6 is 0 Å². The molecular weight excluding hydrogens is 420 g/mol. The van der Waals surface area contributed by atoms with E-state index in [-0.39, 0.29) is 24.7 Å². The Labute approximate surface area is 197 Å². The van der Waals surface area contributed by atoms with E-state index in [9.17, 15) is 0 Å². The molecule has 4 atom stereocenters. The zero-order valence-corrected chi connectivity index (χ0v) is 19.3. The lowest BCUT2D eigenvalue weighted by molar-refractivity contribution is -0.254. The number of benzene rings is 4. The van der Waals surface area contributed by atoms with Crippen molar-refractivity contribution in [1.82, 2.24) is 9.13 Å². The molecule has 1 saturated heterocycles. The van der Waals surface area contributed by atoms with Gasteiger partial charge in [-0.1, -0.05) is 72.8 Å². The van der Waals surface area contributed by atoms with E-state index in [1.165, 1.54) is 43.6 Å². The van der Waals surface area contributed by atoms with Crippen molar-refractivity contribution < 1.29 is 9.47 Å². The summed E-state index contributed by atoms with van der Waals surface area (Å²) < 4.78 is 18.2. The van der Waals surface area contributed by atoms with Crippen LogP contribution in [0.25, 0.3) is 43.6 Å². The molecule has 0 bridgehead atoms. The summed E-state index contributed by atoms with van der Waals surface area (Å²) in [5.41, 5.74) is 4.69. The number of ether oxygens (including phenoxy) is 2. The Hall–Kier alpha value is -3.60. The van der Waals surface area contributed by atoms with Crippen molar-refractivity contribution in [3.05, 3.63) is 97.1 Å². The van der Waals surface area contributed by atoms with Gasteiger partial charge in [0.15, 0.2) is 12.5 Å². The molecule has 2 aromatic heterocycles. The summed E-state index contributed by atoms with van der Waals surface area (Å²) in [7, 11) is 0. The maximum Gasteiger partial charge on any atom is 0.161 e. The molecule has 4 unspecified atom stereocenters. The molecule has 1 aliphatic rings. The van der Waals surface area contributed by atoms with Gasteiger partial charge in [-0.2, -0.15) is 0 Å². The van der Waals surface area contributed by atoms with Crippen molar-refractivity contribution in [3.8, 4) is 0 Å². The average Bonchev–Trinajstić information content (AvgIpc) is 3.39. The maximum atomic E-state index is 6.81. The zero-order chi connectivity index (χ0) is 22.8. The Morgan fingerprint density at radius 2 is 0.706 bits per heavy atom. The van der Waals surface area contributed by atoms with E-state index >= 15 is 0 Å². The van der Waals surface area contributed by atoms with Gasteiger partial charge in [0.2, 0.25) is 0 Å². The maximum absolute atomic E-state index is 6.81. The van der Waals surface area contributed by atoms with E-state index in [2.05, 4.69) is 120 Å². The van der Waals surface area contributed by atoms with Gasteiger partial charge in [-0.3, -0.25) is 0 Å². The van der Waals surface area contributed by atoms with Gasteiger partial charge < -0.3 is 18.6 Å². The quantitative estimate of drug-likeness (QED) is 0.277. The fraction of sp³-hybridized carbons (Fsp3) is 0.200. The van der Waals surface area contributed by atoms with Gasteiger partial charge in [0.25, 0.3) is 0 Å². The van der Waals surface area contributed by atoms with Gasteiger partial charge in [-0.25, -0.2) is 0 Å². The van der Waals surface area contributed by atoms with E-state index in [0.717, 1.165) is 0 Å². The largest absolute Gasteiger partial charge is 0.348 e. The van der Waals surface area contributed by atoms with E-state index in [1.54, 1.807) is 0 Å². The third-order valence-electron chi connectivity index (χ3n) is 7.25. The van der Waals surface area contributed by atoms with Crippen LogP contribution < -0.4 is 0 Å². The smallest absolute Gasteiger partial charge is 0.161 e. The Kier molecular flexibility index (Phi) is 4.35. The minimum absolute atomic E-state index is 0.139. The number of fused-ring (bicyclic) bond motifs is 6. The minimum Gasteiger partial charge on any atom is -0.348 e. The summed E-state index contributed by atoms with van der Waals surface area (Å²) in [6.07, 6.45) is -0.714. The standard InChI is InChI=1S/C30H26N2O2/c1-19-29(31-25-15-7-3-11-21(25)22-12-4-8-16-26(22)31)34-20(2)30(33-19)32-27-17-9-5-13-23(27)24-14-6-10-18-28(24)32/h3-20,29-30H,1-2H3. The lowest BCUT2D eigenvalue weighted by Crippen LogP contribution is -2.42. The fourth-order valence-corrected chi connectivity index (χ4v) is 5.79. The van der Waals surface area contributed by atoms with Crippen LogP contribution in [0.2, 0.25) is 0 Å². The zero-order valence-electron chi connectivity index (χ0n) is 19.3. The van der Waals surface area contributed by atoms with Crippen molar-refractivity contribution >= 4 is 43.6 Å².